The van der Waals surface area contributed by atoms with Crippen molar-refractivity contribution in [3.63, 3.8) is 0 Å². The van der Waals surface area contributed by atoms with Crippen molar-refractivity contribution in [3.8, 4) is 11.1 Å². The summed E-state index contributed by atoms with van der Waals surface area (Å²) in [4.78, 5) is 27.3. The Balaban J connectivity index is 1.56. The summed E-state index contributed by atoms with van der Waals surface area (Å²) in [6.45, 7) is 4.60. The number of H-pyrrole nitrogens is 1. The lowest BCUT2D eigenvalue weighted by Crippen LogP contribution is -2.42. The van der Waals surface area contributed by atoms with Crippen LogP contribution in [-0.2, 0) is 17.6 Å². The molecule has 32 heavy (non-hydrogen) atoms. The van der Waals surface area contributed by atoms with Gasteiger partial charge in [-0.3, -0.25) is 14.7 Å². The number of carbonyl (C=O) groups is 2. The van der Waals surface area contributed by atoms with Gasteiger partial charge in [0.2, 0.25) is 5.91 Å². The molecule has 1 aromatic heterocycles. The molecule has 0 bridgehead atoms. The molecular formula is C25H27FN4O2. The van der Waals surface area contributed by atoms with Gasteiger partial charge in [-0.2, -0.15) is 5.10 Å². The third-order valence-corrected chi connectivity index (χ3v) is 6.48. The number of halogens is 1. The molecule has 0 saturated carbocycles. The van der Waals surface area contributed by atoms with E-state index in [9.17, 15) is 14.0 Å². The smallest absolute Gasteiger partial charge is 0.274 e. The molecule has 4 rings (SSSR count). The Hall–Kier alpha value is -3.48. The van der Waals surface area contributed by atoms with Gasteiger partial charge in [0, 0.05) is 24.3 Å². The van der Waals surface area contributed by atoms with Gasteiger partial charge in [0.25, 0.3) is 5.91 Å². The number of benzene rings is 2. The molecule has 2 aromatic carbocycles. The molecule has 1 saturated heterocycles. The van der Waals surface area contributed by atoms with Crippen LogP contribution in [0.4, 0.5) is 4.39 Å². The van der Waals surface area contributed by atoms with Crippen molar-refractivity contribution in [1.29, 1.82) is 0 Å². The number of primary amides is 1. The largest absolute Gasteiger partial charge is 0.369 e. The average Bonchev–Trinajstić information content (AvgIpc) is 3.38. The summed E-state index contributed by atoms with van der Waals surface area (Å²) in [5.74, 6) is -0.874. The molecule has 6 nitrogen and oxygen atoms in total. The first-order valence-corrected chi connectivity index (χ1v) is 10.8. The molecule has 7 heteroatoms. The number of amides is 2. The standard InChI is InChI=1S/C25H27FN4O2/c1-3-21-16(2)22(29-28-21)23(31)30-12-11-25(15-30,24(27)32)14-17-5-4-6-19(13-17)18-7-9-20(26)10-8-18/h4-10,13H,3,11-12,14-15H2,1-2H3,(H2,27,32)(H,28,29)/t25-/m0/s1. The first kappa shape index (κ1) is 21.7. The monoisotopic (exact) mass is 434 g/mol. The summed E-state index contributed by atoms with van der Waals surface area (Å²) < 4.78 is 13.3. The SMILES string of the molecule is CCc1[nH]nc(C(=O)N2CC[C@@](Cc3cccc(-c4ccc(F)cc4)c3)(C(N)=O)C2)c1C. The van der Waals surface area contributed by atoms with Gasteiger partial charge in [0.05, 0.1) is 5.41 Å². The first-order chi connectivity index (χ1) is 15.3. The van der Waals surface area contributed by atoms with Gasteiger partial charge in [-0.05, 0) is 55.0 Å². The Morgan fingerprint density at radius 3 is 2.59 bits per heavy atom. The van der Waals surface area contributed by atoms with Crippen molar-refractivity contribution >= 4 is 11.8 Å². The van der Waals surface area contributed by atoms with Crippen LogP contribution in [-0.4, -0.2) is 40.0 Å². The van der Waals surface area contributed by atoms with E-state index in [0.29, 0.717) is 25.1 Å². The van der Waals surface area contributed by atoms with Crippen LogP contribution in [0.15, 0.2) is 48.5 Å². The highest BCUT2D eigenvalue weighted by Gasteiger charge is 2.45. The summed E-state index contributed by atoms with van der Waals surface area (Å²) in [7, 11) is 0. The molecule has 2 heterocycles. The van der Waals surface area contributed by atoms with E-state index in [1.54, 1.807) is 17.0 Å². The number of hydrogen-bond acceptors (Lipinski definition) is 3. The Morgan fingerprint density at radius 1 is 1.19 bits per heavy atom. The minimum Gasteiger partial charge on any atom is -0.369 e. The molecule has 0 radical (unpaired) electrons. The first-order valence-electron chi connectivity index (χ1n) is 10.8. The van der Waals surface area contributed by atoms with E-state index in [0.717, 1.165) is 34.4 Å². The van der Waals surface area contributed by atoms with E-state index in [1.807, 2.05) is 38.1 Å². The van der Waals surface area contributed by atoms with E-state index >= 15 is 0 Å². The van der Waals surface area contributed by atoms with Crippen LogP contribution in [0.1, 0.15) is 40.7 Å². The minimum absolute atomic E-state index is 0.179. The summed E-state index contributed by atoms with van der Waals surface area (Å²) in [5, 5.41) is 7.12. The topological polar surface area (TPSA) is 92.1 Å². The second-order valence-corrected chi connectivity index (χ2v) is 8.53. The van der Waals surface area contributed by atoms with Gasteiger partial charge >= 0.3 is 0 Å². The van der Waals surface area contributed by atoms with Crippen LogP contribution in [0, 0.1) is 18.2 Å². The molecular weight excluding hydrogens is 407 g/mol. The highest BCUT2D eigenvalue weighted by molar-refractivity contribution is 5.95. The highest BCUT2D eigenvalue weighted by Crippen LogP contribution is 2.36. The lowest BCUT2D eigenvalue weighted by atomic mass is 9.79. The van der Waals surface area contributed by atoms with Crippen molar-refractivity contribution in [2.75, 3.05) is 13.1 Å². The molecule has 0 aliphatic carbocycles. The number of hydrogen-bond donors (Lipinski definition) is 2. The van der Waals surface area contributed by atoms with Crippen molar-refractivity contribution in [2.24, 2.45) is 11.1 Å². The number of aromatic amines is 1. The highest BCUT2D eigenvalue weighted by atomic mass is 19.1. The molecule has 2 amide bonds. The van der Waals surface area contributed by atoms with Gasteiger partial charge in [-0.25, -0.2) is 4.39 Å². The number of aryl methyl sites for hydroxylation is 1. The zero-order valence-electron chi connectivity index (χ0n) is 18.3. The summed E-state index contributed by atoms with van der Waals surface area (Å²) in [6, 6.07) is 14.1. The summed E-state index contributed by atoms with van der Waals surface area (Å²) in [6.07, 6.45) is 1.70. The van der Waals surface area contributed by atoms with E-state index in [1.165, 1.54) is 12.1 Å². The van der Waals surface area contributed by atoms with Gasteiger partial charge in [-0.1, -0.05) is 43.3 Å². The van der Waals surface area contributed by atoms with Gasteiger partial charge in [-0.15, -0.1) is 0 Å². The van der Waals surface area contributed by atoms with Gasteiger partial charge < -0.3 is 10.6 Å². The summed E-state index contributed by atoms with van der Waals surface area (Å²) >= 11 is 0. The molecule has 0 unspecified atom stereocenters. The molecule has 1 aliphatic rings. The maximum absolute atomic E-state index is 13.3. The van der Waals surface area contributed by atoms with Crippen LogP contribution in [0.3, 0.4) is 0 Å². The summed E-state index contributed by atoms with van der Waals surface area (Å²) in [5.41, 5.74) is 9.99. The molecule has 166 valence electrons. The number of likely N-dealkylation sites (tertiary alicyclic amines) is 1. The molecule has 1 atom stereocenters. The maximum Gasteiger partial charge on any atom is 0.274 e. The Labute approximate surface area is 186 Å². The number of carbonyl (C=O) groups excluding carboxylic acids is 2. The molecule has 3 N–H and O–H groups in total. The Bertz CT molecular complexity index is 1160. The Kier molecular flexibility index (Phi) is 5.82. The second kappa shape index (κ2) is 8.57. The van der Waals surface area contributed by atoms with Gasteiger partial charge in [0.15, 0.2) is 5.69 Å². The molecule has 1 fully saturated rings. The van der Waals surface area contributed by atoms with Crippen LogP contribution in [0.25, 0.3) is 11.1 Å². The maximum atomic E-state index is 13.3. The quantitative estimate of drug-likeness (QED) is 0.620. The number of aromatic nitrogens is 2. The van der Waals surface area contributed by atoms with Crippen molar-refractivity contribution in [3.05, 3.63) is 76.9 Å². The van der Waals surface area contributed by atoms with Crippen LogP contribution in [0.2, 0.25) is 0 Å². The predicted molar refractivity (Wildman–Crippen MR) is 120 cm³/mol. The van der Waals surface area contributed by atoms with E-state index in [-0.39, 0.29) is 18.3 Å². The zero-order chi connectivity index (χ0) is 22.9. The molecule has 1 aliphatic heterocycles. The zero-order valence-corrected chi connectivity index (χ0v) is 18.3. The van der Waals surface area contributed by atoms with E-state index in [2.05, 4.69) is 10.2 Å². The predicted octanol–water partition coefficient (Wildman–Crippen LogP) is 3.65. The molecule has 3 aromatic rings. The number of nitrogens with two attached hydrogens (primary N) is 1. The van der Waals surface area contributed by atoms with Crippen LogP contribution < -0.4 is 5.73 Å². The lowest BCUT2D eigenvalue weighted by Gasteiger charge is -2.26. The van der Waals surface area contributed by atoms with E-state index in [4.69, 9.17) is 5.73 Å². The van der Waals surface area contributed by atoms with Crippen molar-refractivity contribution in [1.82, 2.24) is 15.1 Å². The van der Waals surface area contributed by atoms with Crippen LogP contribution >= 0.6 is 0 Å². The van der Waals surface area contributed by atoms with Crippen LogP contribution in [0.5, 0.6) is 0 Å². The number of nitrogens with zero attached hydrogens (tertiary/aromatic N) is 2. The van der Waals surface area contributed by atoms with E-state index < -0.39 is 11.3 Å². The number of rotatable bonds is 6. The Morgan fingerprint density at radius 2 is 1.94 bits per heavy atom. The fourth-order valence-electron chi connectivity index (χ4n) is 4.51. The lowest BCUT2D eigenvalue weighted by molar-refractivity contribution is -0.126. The number of nitrogens with one attached hydrogen (secondary N) is 1. The average molecular weight is 435 g/mol. The van der Waals surface area contributed by atoms with Gasteiger partial charge in [0.1, 0.15) is 5.82 Å². The fourth-order valence-corrected chi connectivity index (χ4v) is 4.51. The minimum atomic E-state index is -0.838. The fraction of sp³-hybridized carbons (Fsp3) is 0.320. The molecule has 0 spiro atoms. The van der Waals surface area contributed by atoms with Crippen molar-refractivity contribution in [2.45, 2.75) is 33.1 Å². The van der Waals surface area contributed by atoms with Crippen molar-refractivity contribution < 1.29 is 14.0 Å². The normalized spacial score (nSPS) is 18.2. The third-order valence-electron chi connectivity index (χ3n) is 6.48. The third kappa shape index (κ3) is 4.02. The second-order valence-electron chi connectivity index (χ2n) is 8.53.